The van der Waals surface area contributed by atoms with Crippen molar-refractivity contribution >= 4 is 63.9 Å². The van der Waals surface area contributed by atoms with Crippen molar-refractivity contribution in [2.75, 3.05) is 22.8 Å². The molecule has 0 bridgehead atoms. The number of rotatable bonds is 20. The van der Waals surface area contributed by atoms with Gasteiger partial charge in [-0.15, -0.1) is 0 Å². The van der Waals surface area contributed by atoms with E-state index in [-0.39, 0.29) is 61.5 Å². The summed E-state index contributed by atoms with van der Waals surface area (Å²) in [7, 11) is 0. The monoisotopic (exact) mass is 744 g/mol. The topological polar surface area (TPSA) is 198 Å². The van der Waals surface area contributed by atoms with Gasteiger partial charge in [0, 0.05) is 25.2 Å². The molecule has 1 unspecified atom stereocenters. The van der Waals surface area contributed by atoms with Crippen molar-refractivity contribution in [3.63, 3.8) is 0 Å². The molecule has 13 nitrogen and oxygen atoms in total. The number of benzene rings is 1. The van der Waals surface area contributed by atoms with Crippen LogP contribution in [0.3, 0.4) is 0 Å². The van der Waals surface area contributed by atoms with Crippen LogP contribution in [0.5, 0.6) is 0 Å². The number of esters is 1. The van der Waals surface area contributed by atoms with Gasteiger partial charge in [0.05, 0.1) is 10.3 Å². The van der Waals surface area contributed by atoms with Gasteiger partial charge in [0.25, 0.3) is 0 Å². The minimum absolute atomic E-state index is 0.0629. The largest absolute Gasteiger partial charge is 0.461 e. The number of primary amides is 1. The van der Waals surface area contributed by atoms with Crippen molar-refractivity contribution in [3.8, 4) is 0 Å². The Morgan fingerprint density at radius 2 is 1.44 bits per heavy atom. The van der Waals surface area contributed by atoms with Crippen molar-refractivity contribution in [3.05, 3.63) is 29.8 Å². The predicted molar refractivity (Wildman–Crippen MR) is 180 cm³/mol. The molecule has 3 atom stereocenters. The van der Waals surface area contributed by atoms with E-state index in [1.807, 2.05) is 43.4 Å². The maximum absolute atomic E-state index is 13.3. The van der Waals surface area contributed by atoms with Gasteiger partial charge in [-0.2, -0.15) is 0 Å². The van der Waals surface area contributed by atoms with Gasteiger partial charge < -0.3 is 37.1 Å². The zero-order chi connectivity index (χ0) is 33.9. The first-order valence-corrected chi connectivity index (χ1v) is 16.8. The van der Waals surface area contributed by atoms with Crippen LogP contribution in [0.2, 0.25) is 0 Å². The Morgan fingerprint density at radius 3 is 2.02 bits per heavy atom. The Bertz CT molecular complexity index is 1130. The number of alkyl halides is 1. The third-order valence-electron chi connectivity index (χ3n) is 7.12. The second kappa shape index (κ2) is 21.3. The van der Waals surface area contributed by atoms with Gasteiger partial charge in [0.15, 0.2) is 0 Å². The molecule has 0 saturated heterocycles. The molecule has 0 fully saturated rings. The normalized spacial score (nSPS) is 12.9. The summed E-state index contributed by atoms with van der Waals surface area (Å²) in [6.45, 7) is 10.1. The lowest BCUT2D eigenvalue weighted by Gasteiger charge is -2.25. The number of ether oxygens (including phenoxy) is 1. The fraction of sp³-hybridized carbons (Fsp3) is 0.613. The highest BCUT2D eigenvalue weighted by atomic mass is 127. The molecular weight excluding hydrogens is 695 g/mol. The molecule has 14 heteroatoms. The molecule has 0 aliphatic heterocycles. The van der Waals surface area contributed by atoms with E-state index in [2.05, 4.69) is 26.6 Å². The minimum Gasteiger partial charge on any atom is -0.461 e. The van der Waals surface area contributed by atoms with Crippen molar-refractivity contribution in [1.29, 1.82) is 0 Å². The van der Waals surface area contributed by atoms with Gasteiger partial charge in [-0.1, -0.05) is 69.3 Å². The van der Waals surface area contributed by atoms with Gasteiger partial charge in [0.2, 0.25) is 23.6 Å². The van der Waals surface area contributed by atoms with Crippen LogP contribution in [0.25, 0.3) is 0 Å². The zero-order valence-corrected chi connectivity index (χ0v) is 29.0. The lowest BCUT2D eigenvalue weighted by atomic mass is 9.99. The Balaban J connectivity index is 2.83. The molecule has 7 N–H and O–H groups in total. The summed E-state index contributed by atoms with van der Waals surface area (Å²) in [4.78, 5) is 73.7. The molecule has 0 heterocycles. The first-order valence-electron chi connectivity index (χ1n) is 15.3. The minimum atomic E-state index is -0.968. The lowest BCUT2D eigenvalue weighted by Crippen LogP contribution is -2.54. The van der Waals surface area contributed by atoms with E-state index in [1.54, 1.807) is 38.1 Å². The molecule has 1 rings (SSSR count). The van der Waals surface area contributed by atoms with Crippen LogP contribution in [0.15, 0.2) is 24.3 Å². The maximum Gasteiger partial charge on any atom is 0.312 e. The Morgan fingerprint density at radius 1 is 0.800 bits per heavy atom. The second-order valence-corrected chi connectivity index (χ2v) is 12.3. The van der Waals surface area contributed by atoms with Crippen molar-refractivity contribution in [1.82, 2.24) is 21.3 Å². The fourth-order valence-electron chi connectivity index (χ4n) is 3.99. The first-order chi connectivity index (χ1) is 21.2. The number of nitrogens with two attached hydrogens (primary N) is 1. The molecule has 0 aromatic heterocycles. The number of unbranched alkanes of at least 4 members (excludes halogenated alkanes) is 1. The Labute approximate surface area is 279 Å². The smallest absolute Gasteiger partial charge is 0.312 e. The number of carbonyl (C=O) groups excluding carboxylic acids is 6. The van der Waals surface area contributed by atoms with E-state index >= 15 is 0 Å². The summed E-state index contributed by atoms with van der Waals surface area (Å²) in [5.74, 6) is -1.95. The van der Waals surface area contributed by atoms with E-state index in [0.29, 0.717) is 35.9 Å². The summed E-state index contributed by atoms with van der Waals surface area (Å²) < 4.78 is 5.75. The highest BCUT2D eigenvalue weighted by molar-refractivity contribution is 14.1. The Kier molecular flexibility index (Phi) is 18.8. The quantitative estimate of drug-likeness (QED) is 0.0511. The second-order valence-electron chi connectivity index (χ2n) is 11.6. The number of amides is 6. The molecule has 0 radical (unpaired) electrons. The van der Waals surface area contributed by atoms with E-state index in [1.165, 1.54) is 0 Å². The predicted octanol–water partition coefficient (Wildman–Crippen LogP) is 2.76. The van der Waals surface area contributed by atoms with E-state index in [0.717, 1.165) is 5.56 Å². The summed E-state index contributed by atoms with van der Waals surface area (Å²) in [5.41, 5.74) is 6.36. The lowest BCUT2D eigenvalue weighted by molar-refractivity contribution is -0.150. The molecular formula is C31H49IN6O7. The van der Waals surface area contributed by atoms with Gasteiger partial charge in [0.1, 0.15) is 18.7 Å². The van der Waals surface area contributed by atoms with Crippen LogP contribution < -0.4 is 32.3 Å². The molecule has 1 aromatic carbocycles. The van der Waals surface area contributed by atoms with Gasteiger partial charge in [-0.05, 0) is 55.2 Å². The van der Waals surface area contributed by atoms with Crippen LogP contribution in [-0.4, -0.2) is 65.2 Å². The number of hydrogen-bond acceptors (Lipinski definition) is 7. The SMILES string of the molecule is CC(C)C(C)C(=O)OCc1ccc(NC(=O)[C@@H](CCCNC(N)=O)NC(=O)[C@H](NC(=O)CCCCNC(=O)CI)C(C)C)cc1. The molecule has 6 amide bonds. The molecule has 0 aliphatic carbocycles. The highest BCUT2D eigenvalue weighted by Crippen LogP contribution is 2.15. The third kappa shape index (κ3) is 16.5. The summed E-state index contributed by atoms with van der Waals surface area (Å²) >= 11 is 1.97. The Hall–Kier alpha value is -3.43. The summed E-state index contributed by atoms with van der Waals surface area (Å²) in [6, 6.07) is 4.26. The third-order valence-corrected chi connectivity index (χ3v) is 7.81. The first kappa shape index (κ1) is 39.6. The van der Waals surface area contributed by atoms with Crippen molar-refractivity contribution < 1.29 is 33.5 Å². The molecule has 252 valence electrons. The van der Waals surface area contributed by atoms with Crippen LogP contribution in [0.1, 0.15) is 72.3 Å². The number of nitrogens with one attached hydrogen (secondary N) is 5. The van der Waals surface area contributed by atoms with Crippen molar-refractivity contribution in [2.45, 2.75) is 85.4 Å². The van der Waals surface area contributed by atoms with Gasteiger partial charge >= 0.3 is 12.0 Å². The molecule has 0 aliphatic rings. The van der Waals surface area contributed by atoms with Gasteiger partial charge in [-0.25, -0.2) is 4.79 Å². The number of urea groups is 1. The molecule has 0 saturated carbocycles. The van der Waals surface area contributed by atoms with Crippen LogP contribution in [0.4, 0.5) is 10.5 Å². The molecule has 0 spiro atoms. The van der Waals surface area contributed by atoms with Crippen LogP contribution >= 0.6 is 22.6 Å². The standard InChI is InChI=1S/C31H49IN6O7/c1-19(2)21(5)30(43)45-18-22-11-13-23(14-12-22)36-28(41)24(9-8-16-35-31(33)44)37-29(42)27(20(3)4)38-25(39)10-6-7-15-34-26(40)17-32/h11-14,19-21,24,27H,6-10,15-18H2,1-5H3,(H,34,40)(H,36,41)(H,37,42)(H,38,39)(H3,33,35,44)/t21?,24-,27-/m1/s1. The molecule has 1 aromatic rings. The van der Waals surface area contributed by atoms with E-state index < -0.39 is 29.9 Å². The number of hydrogen-bond donors (Lipinski definition) is 6. The zero-order valence-electron chi connectivity index (χ0n) is 26.9. The molecule has 45 heavy (non-hydrogen) atoms. The number of anilines is 1. The summed E-state index contributed by atoms with van der Waals surface area (Å²) in [5, 5.41) is 13.5. The fourth-order valence-corrected chi connectivity index (χ4v) is 4.26. The van der Waals surface area contributed by atoms with E-state index in [4.69, 9.17) is 10.5 Å². The average Bonchev–Trinajstić information content (AvgIpc) is 2.99. The van der Waals surface area contributed by atoms with Crippen LogP contribution in [-0.2, 0) is 35.3 Å². The van der Waals surface area contributed by atoms with Crippen LogP contribution in [0, 0.1) is 17.8 Å². The number of halogens is 1. The highest BCUT2D eigenvalue weighted by Gasteiger charge is 2.29. The average molecular weight is 745 g/mol. The maximum atomic E-state index is 13.3. The number of carbonyl (C=O) groups is 6. The van der Waals surface area contributed by atoms with Gasteiger partial charge in [-0.3, -0.25) is 24.0 Å². The van der Waals surface area contributed by atoms with Crippen molar-refractivity contribution in [2.24, 2.45) is 23.5 Å². The van der Waals surface area contributed by atoms with E-state index in [9.17, 15) is 28.8 Å². The summed E-state index contributed by atoms with van der Waals surface area (Å²) in [6.07, 6.45) is 1.90.